The van der Waals surface area contributed by atoms with Crippen LogP contribution in [0.2, 0.25) is 0 Å². The minimum atomic E-state index is -0.137. The number of likely N-dealkylation sites (tertiary alicyclic amines) is 1. The molecule has 1 N–H and O–H groups in total. The fourth-order valence-electron chi connectivity index (χ4n) is 3.18. The van der Waals surface area contributed by atoms with Crippen molar-refractivity contribution >= 4 is 17.1 Å². The second kappa shape index (κ2) is 4.52. The van der Waals surface area contributed by atoms with Crippen molar-refractivity contribution in [2.45, 2.75) is 18.9 Å². The van der Waals surface area contributed by atoms with Gasteiger partial charge < -0.3 is 5.11 Å². The van der Waals surface area contributed by atoms with Crippen LogP contribution in [0.15, 0.2) is 17.5 Å². The van der Waals surface area contributed by atoms with Gasteiger partial charge in [-0.2, -0.15) is 0 Å². The third-order valence-electron chi connectivity index (χ3n) is 4.06. The topological polar surface area (TPSA) is 40.5 Å². The van der Waals surface area contributed by atoms with E-state index >= 15 is 0 Å². The Morgan fingerprint density at radius 1 is 1.47 bits per heavy atom. The molecule has 3 nitrogen and oxygen atoms in total. The Labute approximate surface area is 105 Å². The number of hydrogen-bond donors (Lipinski definition) is 1. The number of aliphatic hydroxyl groups is 1. The molecule has 0 bridgehead atoms. The minimum absolute atomic E-state index is 0.137. The number of aliphatic hydroxyl groups excluding tert-OH is 1. The number of ketones is 1. The number of hydrogen-bond acceptors (Lipinski definition) is 4. The van der Waals surface area contributed by atoms with Gasteiger partial charge in [0.2, 0.25) is 0 Å². The highest BCUT2D eigenvalue weighted by Gasteiger charge is 2.42. The average Bonchev–Trinajstić information content (AvgIpc) is 2.97. The van der Waals surface area contributed by atoms with E-state index in [0.29, 0.717) is 18.4 Å². The maximum absolute atomic E-state index is 12.0. The van der Waals surface area contributed by atoms with Crippen molar-refractivity contribution in [3.05, 3.63) is 22.4 Å². The molecule has 1 aliphatic carbocycles. The Balaban J connectivity index is 1.59. The van der Waals surface area contributed by atoms with Gasteiger partial charge in [0, 0.05) is 19.0 Å². The van der Waals surface area contributed by atoms with E-state index in [4.69, 9.17) is 0 Å². The summed E-state index contributed by atoms with van der Waals surface area (Å²) in [5.74, 6) is 1.24. The summed E-state index contributed by atoms with van der Waals surface area (Å²) in [6.45, 7) is 2.39. The van der Waals surface area contributed by atoms with Crippen LogP contribution in [0.4, 0.5) is 0 Å². The third-order valence-corrected chi connectivity index (χ3v) is 4.97. The first-order valence-corrected chi connectivity index (χ1v) is 7.09. The van der Waals surface area contributed by atoms with E-state index in [1.54, 1.807) is 0 Å². The first kappa shape index (κ1) is 11.4. The van der Waals surface area contributed by atoms with Crippen LogP contribution in [0.3, 0.4) is 0 Å². The lowest BCUT2D eigenvalue weighted by molar-refractivity contribution is 0.0923. The molecule has 4 heteroatoms. The standard InChI is InChI=1S/C13H17NO2S/c15-11-4-3-9-6-14(7-10(9)11)8-12(16)13-2-1-5-17-13/h1-2,5,9-11,15H,3-4,6-8H2. The van der Waals surface area contributed by atoms with Gasteiger partial charge in [-0.25, -0.2) is 0 Å². The summed E-state index contributed by atoms with van der Waals surface area (Å²) in [6.07, 6.45) is 1.93. The van der Waals surface area contributed by atoms with Crippen LogP contribution in [-0.2, 0) is 0 Å². The van der Waals surface area contributed by atoms with E-state index in [1.165, 1.54) is 11.3 Å². The number of thiophene rings is 1. The first-order chi connectivity index (χ1) is 8.24. The minimum Gasteiger partial charge on any atom is -0.393 e. The molecule has 2 heterocycles. The predicted molar refractivity (Wildman–Crippen MR) is 67.3 cm³/mol. The molecular weight excluding hydrogens is 234 g/mol. The van der Waals surface area contributed by atoms with Gasteiger partial charge in [0.1, 0.15) is 0 Å². The SMILES string of the molecule is O=C(CN1CC2CCC(O)C2C1)c1cccs1. The van der Waals surface area contributed by atoms with Crippen molar-refractivity contribution < 1.29 is 9.90 Å². The summed E-state index contributed by atoms with van der Waals surface area (Å²) < 4.78 is 0. The number of nitrogens with zero attached hydrogens (tertiary/aromatic N) is 1. The second-order valence-electron chi connectivity index (χ2n) is 5.16. The first-order valence-electron chi connectivity index (χ1n) is 6.21. The molecule has 3 atom stereocenters. The lowest BCUT2D eigenvalue weighted by Gasteiger charge is -2.16. The van der Waals surface area contributed by atoms with Crippen molar-refractivity contribution in [1.29, 1.82) is 0 Å². The van der Waals surface area contributed by atoms with E-state index < -0.39 is 0 Å². The molecule has 92 valence electrons. The summed E-state index contributed by atoms with van der Waals surface area (Å²) in [7, 11) is 0. The molecule has 2 fully saturated rings. The summed E-state index contributed by atoms with van der Waals surface area (Å²) in [6, 6.07) is 3.80. The maximum Gasteiger partial charge on any atom is 0.186 e. The predicted octanol–water partition coefficient (Wildman–Crippen LogP) is 1.63. The van der Waals surface area contributed by atoms with Gasteiger partial charge in [-0.1, -0.05) is 6.07 Å². The highest BCUT2D eigenvalue weighted by Crippen LogP contribution is 2.37. The van der Waals surface area contributed by atoms with E-state index in [0.717, 1.165) is 30.8 Å². The summed E-state index contributed by atoms with van der Waals surface area (Å²) in [4.78, 5) is 15.0. The van der Waals surface area contributed by atoms with Crippen LogP contribution in [-0.4, -0.2) is 41.5 Å². The lowest BCUT2D eigenvalue weighted by Crippen LogP contribution is -2.29. The van der Waals surface area contributed by atoms with Crippen molar-refractivity contribution in [2.75, 3.05) is 19.6 Å². The largest absolute Gasteiger partial charge is 0.393 e. The molecular formula is C13H17NO2S. The third kappa shape index (κ3) is 2.17. The zero-order valence-corrected chi connectivity index (χ0v) is 10.5. The van der Waals surface area contributed by atoms with Crippen LogP contribution in [0.1, 0.15) is 22.5 Å². The molecule has 1 aromatic heterocycles. The molecule has 1 saturated carbocycles. The van der Waals surface area contributed by atoms with Crippen molar-refractivity contribution in [1.82, 2.24) is 4.90 Å². The van der Waals surface area contributed by atoms with Gasteiger partial charge in [-0.05, 0) is 30.2 Å². The van der Waals surface area contributed by atoms with Crippen LogP contribution in [0, 0.1) is 11.8 Å². The van der Waals surface area contributed by atoms with Crippen LogP contribution >= 0.6 is 11.3 Å². The number of carbonyl (C=O) groups excluding carboxylic acids is 1. The van der Waals surface area contributed by atoms with Gasteiger partial charge >= 0.3 is 0 Å². The van der Waals surface area contributed by atoms with E-state index in [2.05, 4.69) is 4.90 Å². The molecule has 1 aliphatic heterocycles. The van der Waals surface area contributed by atoms with Crippen molar-refractivity contribution in [2.24, 2.45) is 11.8 Å². The molecule has 0 spiro atoms. The van der Waals surface area contributed by atoms with E-state index in [-0.39, 0.29) is 11.9 Å². The summed E-state index contributed by atoms with van der Waals surface area (Å²) in [5, 5.41) is 11.8. The molecule has 1 aromatic rings. The van der Waals surface area contributed by atoms with Gasteiger partial charge in [0.15, 0.2) is 5.78 Å². The molecule has 0 amide bonds. The van der Waals surface area contributed by atoms with Crippen LogP contribution in [0.5, 0.6) is 0 Å². The molecule has 0 radical (unpaired) electrons. The monoisotopic (exact) mass is 251 g/mol. The molecule has 1 saturated heterocycles. The maximum atomic E-state index is 12.0. The Morgan fingerprint density at radius 3 is 3.06 bits per heavy atom. The highest BCUT2D eigenvalue weighted by molar-refractivity contribution is 7.12. The average molecular weight is 251 g/mol. The molecule has 3 unspecified atom stereocenters. The summed E-state index contributed by atoms with van der Waals surface area (Å²) in [5.41, 5.74) is 0. The van der Waals surface area contributed by atoms with Crippen molar-refractivity contribution in [3.8, 4) is 0 Å². The molecule has 17 heavy (non-hydrogen) atoms. The fraction of sp³-hybridized carbons (Fsp3) is 0.615. The number of fused-ring (bicyclic) bond motifs is 1. The number of Topliss-reactive ketones (excluding diaryl/α,β-unsaturated/α-hetero) is 1. The van der Waals surface area contributed by atoms with Gasteiger partial charge in [0.05, 0.1) is 17.5 Å². The number of rotatable bonds is 3. The van der Waals surface area contributed by atoms with Crippen LogP contribution < -0.4 is 0 Å². The lowest BCUT2D eigenvalue weighted by atomic mass is 10.00. The molecule has 3 rings (SSSR count). The Hall–Kier alpha value is -0.710. The van der Waals surface area contributed by atoms with E-state index in [9.17, 15) is 9.90 Å². The smallest absolute Gasteiger partial charge is 0.186 e. The molecule has 0 aromatic carbocycles. The van der Waals surface area contributed by atoms with Crippen LogP contribution in [0.25, 0.3) is 0 Å². The van der Waals surface area contributed by atoms with Gasteiger partial charge in [-0.15, -0.1) is 11.3 Å². The quantitative estimate of drug-likeness (QED) is 0.830. The highest BCUT2D eigenvalue weighted by atomic mass is 32.1. The van der Waals surface area contributed by atoms with Gasteiger partial charge in [0.25, 0.3) is 0 Å². The van der Waals surface area contributed by atoms with Gasteiger partial charge in [-0.3, -0.25) is 9.69 Å². The summed E-state index contributed by atoms with van der Waals surface area (Å²) >= 11 is 1.51. The van der Waals surface area contributed by atoms with E-state index in [1.807, 2.05) is 17.5 Å². The zero-order chi connectivity index (χ0) is 11.8. The molecule has 2 aliphatic rings. The van der Waals surface area contributed by atoms with Crippen molar-refractivity contribution in [3.63, 3.8) is 0 Å². The fourth-order valence-corrected chi connectivity index (χ4v) is 3.83. The second-order valence-corrected chi connectivity index (χ2v) is 6.11. The Bertz CT molecular complexity index is 404. The number of carbonyl (C=O) groups is 1. The normalized spacial score (nSPS) is 32.9. The zero-order valence-electron chi connectivity index (χ0n) is 9.71. The Kier molecular flexibility index (Phi) is 3.03. The Morgan fingerprint density at radius 2 is 2.35 bits per heavy atom.